The number of fused-ring (bicyclic) bond motifs is 20. The minimum absolute atomic E-state index is 0.583. The maximum Gasteiger partial charge on any atom is 0.170 e. The summed E-state index contributed by atoms with van der Waals surface area (Å²) in [4.78, 5) is 38.2. The number of rotatable bonds is 10. The molecule has 5 aliphatic rings. The normalized spacial score (nSPS) is 16.6. The molecule has 5 heterocycles. The van der Waals surface area contributed by atoms with Crippen LogP contribution in [-0.2, 0) is 0 Å². The summed E-state index contributed by atoms with van der Waals surface area (Å²) < 4.78 is 2.28. The van der Waals surface area contributed by atoms with Crippen LogP contribution in [0, 0.1) is 0 Å². The molecule has 324 valence electrons. The Labute approximate surface area is 393 Å². The lowest BCUT2D eigenvalue weighted by Crippen LogP contribution is -2.31. The molecule has 0 saturated heterocycles. The van der Waals surface area contributed by atoms with Gasteiger partial charge in [0.2, 0.25) is 0 Å². The molecule has 0 aromatic heterocycles. The van der Waals surface area contributed by atoms with Gasteiger partial charge in [-0.25, -0.2) is 34.9 Å². The van der Waals surface area contributed by atoms with Crippen LogP contribution < -0.4 is 0 Å². The van der Waals surface area contributed by atoms with E-state index in [0.29, 0.717) is 29.2 Å². The third-order valence-electron chi connectivity index (χ3n) is 13.7. The van der Waals surface area contributed by atoms with Gasteiger partial charge in [-0.05, 0) is 110 Å². The topological polar surface area (TPSA) is 89.8 Å². The van der Waals surface area contributed by atoms with Crippen LogP contribution in [0.25, 0.3) is 43.1 Å². The quantitative estimate of drug-likeness (QED) is 0.101. The largest absolute Gasteiger partial charge is 0.250 e. The molecular formula is C58H46N8S. The summed E-state index contributed by atoms with van der Waals surface area (Å²) in [6.45, 7) is 2.28. The Bertz CT molecular complexity index is 3630. The lowest BCUT2D eigenvalue weighted by atomic mass is 9.99. The van der Waals surface area contributed by atoms with E-state index in [1.54, 1.807) is 11.9 Å². The van der Waals surface area contributed by atoms with E-state index >= 15 is 0 Å². The van der Waals surface area contributed by atoms with Crippen molar-refractivity contribution in [2.45, 2.75) is 64.5 Å². The molecule has 9 heteroatoms. The van der Waals surface area contributed by atoms with E-state index in [4.69, 9.17) is 34.9 Å². The van der Waals surface area contributed by atoms with Gasteiger partial charge in [-0.1, -0.05) is 149 Å². The number of amidine groups is 7. The zero-order valence-corrected chi connectivity index (χ0v) is 38.1. The zero-order valence-electron chi connectivity index (χ0n) is 37.3. The van der Waals surface area contributed by atoms with E-state index in [1.165, 1.54) is 44.9 Å². The van der Waals surface area contributed by atoms with Crippen LogP contribution in [0.4, 0.5) is 0 Å². The van der Waals surface area contributed by atoms with Gasteiger partial charge in [0, 0.05) is 50.3 Å². The van der Waals surface area contributed by atoms with Crippen molar-refractivity contribution < 1.29 is 0 Å². The maximum atomic E-state index is 5.57. The molecule has 8 bridgehead atoms. The minimum atomic E-state index is -0.584. The van der Waals surface area contributed by atoms with Crippen LogP contribution in [0.2, 0.25) is 0 Å². The van der Waals surface area contributed by atoms with Gasteiger partial charge in [0.25, 0.3) is 0 Å². The summed E-state index contributed by atoms with van der Waals surface area (Å²) in [5.41, 5.74) is 7.73. The second-order valence-corrected chi connectivity index (χ2v) is 19.1. The lowest BCUT2D eigenvalue weighted by Gasteiger charge is -2.24. The van der Waals surface area contributed by atoms with Crippen molar-refractivity contribution in [3.05, 3.63) is 190 Å². The van der Waals surface area contributed by atoms with E-state index in [2.05, 4.69) is 157 Å². The van der Waals surface area contributed by atoms with E-state index in [0.717, 1.165) is 111 Å². The summed E-state index contributed by atoms with van der Waals surface area (Å²) >= 11 is 1.79. The molecule has 0 N–H and O–H groups in total. The monoisotopic (exact) mass is 886 g/mol. The van der Waals surface area contributed by atoms with Gasteiger partial charge in [0.1, 0.15) is 0 Å². The first-order valence-electron chi connectivity index (χ1n) is 23.8. The molecule has 13 rings (SSSR count). The zero-order chi connectivity index (χ0) is 44.4. The summed E-state index contributed by atoms with van der Waals surface area (Å²) in [6.07, 6.45) is 9.44. The van der Waals surface area contributed by atoms with Crippen LogP contribution in [-0.4, -0.2) is 50.9 Å². The fraction of sp³-hybridized carbons (Fsp3) is 0.190. The van der Waals surface area contributed by atoms with Crippen LogP contribution in [0.3, 0.4) is 0 Å². The van der Waals surface area contributed by atoms with Crippen LogP contribution in [0.15, 0.2) is 181 Å². The molecule has 0 spiro atoms. The fourth-order valence-corrected chi connectivity index (χ4v) is 11.2. The smallest absolute Gasteiger partial charge is 0.170 e. The summed E-state index contributed by atoms with van der Waals surface area (Å²) in [5, 5.41) is 9.00. The number of unbranched alkanes of at least 4 members (excludes halogenated alkanes) is 7. The number of hydrogen-bond donors (Lipinski definition) is 0. The molecule has 0 saturated carbocycles. The van der Waals surface area contributed by atoms with Crippen LogP contribution in [0.1, 0.15) is 109 Å². The lowest BCUT2D eigenvalue weighted by molar-refractivity contribution is 0.586. The van der Waals surface area contributed by atoms with Crippen molar-refractivity contribution in [2.75, 3.05) is 5.75 Å². The average Bonchev–Trinajstić information content (AvgIpc) is 4.09. The van der Waals surface area contributed by atoms with Gasteiger partial charge in [0.15, 0.2) is 47.0 Å². The van der Waals surface area contributed by atoms with Gasteiger partial charge >= 0.3 is 0 Å². The third kappa shape index (κ3) is 7.03. The predicted molar refractivity (Wildman–Crippen MR) is 281 cm³/mol. The van der Waals surface area contributed by atoms with Crippen molar-refractivity contribution >= 4 is 95.9 Å². The van der Waals surface area contributed by atoms with Gasteiger partial charge in [-0.3, -0.25) is 4.31 Å². The SMILES string of the molecule is CCCCCCCCCCSN1C2=NC(=NC3=NC(=NC4N=C(N=C5N=C1c1cc6ccccc6cc15)c1cc5ccccc5cc14)c1cc4ccccc4cc13)c1cc3ccccc3cc12. The molecule has 1 unspecified atom stereocenters. The molecule has 0 aliphatic carbocycles. The van der Waals surface area contributed by atoms with E-state index in [-0.39, 0.29) is 0 Å². The number of hydrogen-bond acceptors (Lipinski definition) is 9. The summed E-state index contributed by atoms with van der Waals surface area (Å²) in [7, 11) is 0. The van der Waals surface area contributed by atoms with Gasteiger partial charge in [-0.2, -0.15) is 0 Å². The highest BCUT2D eigenvalue weighted by atomic mass is 32.2. The van der Waals surface area contributed by atoms with E-state index in [1.807, 2.05) is 0 Å². The molecule has 8 nitrogen and oxygen atoms in total. The van der Waals surface area contributed by atoms with Crippen LogP contribution in [0.5, 0.6) is 0 Å². The highest BCUT2D eigenvalue weighted by Gasteiger charge is 2.37. The molecule has 0 fully saturated rings. The molecule has 8 aromatic rings. The summed E-state index contributed by atoms with van der Waals surface area (Å²) in [5.74, 6) is 5.53. The predicted octanol–water partition coefficient (Wildman–Crippen LogP) is 13.8. The molecule has 8 aromatic carbocycles. The Hall–Kier alpha value is -7.36. The van der Waals surface area contributed by atoms with Crippen LogP contribution >= 0.6 is 11.9 Å². The van der Waals surface area contributed by atoms with Crippen molar-refractivity contribution in [3.63, 3.8) is 0 Å². The highest BCUT2D eigenvalue weighted by molar-refractivity contribution is 7.98. The van der Waals surface area contributed by atoms with Crippen molar-refractivity contribution in [3.8, 4) is 0 Å². The number of benzene rings is 8. The first-order valence-corrected chi connectivity index (χ1v) is 24.7. The fourth-order valence-electron chi connectivity index (χ4n) is 10.2. The molecule has 0 radical (unpaired) electrons. The number of aliphatic imine (C=N–C) groups is 7. The van der Waals surface area contributed by atoms with Crippen molar-refractivity contribution in [1.29, 1.82) is 0 Å². The molecular weight excluding hydrogens is 841 g/mol. The first-order chi connectivity index (χ1) is 33.1. The van der Waals surface area contributed by atoms with Gasteiger partial charge in [0.05, 0.1) is 0 Å². The minimum Gasteiger partial charge on any atom is -0.250 e. The molecule has 5 aliphatic heterocycles. The van der Waals surface area contributed by atoms with E-state index in [9.17, 15) is 0 Å². The molecule has 67 heavy (non-hydrogen) atoms. The Morgan fingerprint density at radius 2 is 0.716 bits per heavy atom. The average molecular weight is 887 g/mol. The Kier molecular flexibility index (Phi) is 9.84. The Balaban J connectivity index is 1.05. The second kappa shape index (κ2) is 16.5. The maximum absolute atomic E-state index is 5.57. The van der Waals surface area contributed by atoms with Gasteiger partial charge in [-0.15, -0.1) is 0 Å². The highest BCUT2D eigenvalue weighted by Crippen LogP contribution is 2.40. The number of nitrogens with zero attached hydrogens (tertiary/aromatic N) is 8. The summed E-state index contributed by atoms with van der Waals surface area (Å²) in [6, 6.07) is 51.8. The van der Waals surface area contributed by atoms with E-state index < -0.39 is 6.17 Å². The van der Waals surface area contributed by atoms with Crippen molar-refractivity contribution in [1.82, 2.24) is 4.31 Å². The Morgan fingerprint density at radius 1 is 0.373 bits per heavy atom. The third-order valence-corrected chi connectivity index (χ3v) is 14.8. The molecule has 1 atom stereocenters. The molecule has 0 amide bonds. The Morgan fingerprint density at radius 3 is 1.19 bits per heavy atom. The standard InChI is InChI=1S/C58H46N8S/c1-2-3-4-5-6-7-8-17-26-67-66-57-49-33-41-24-15-13-22-39(41)31-47(49)55(64-57)62-53-45-29-37-20-11-9-18-35(37)27-43(45)51(60-53)59-52-44-28-36-19-10-12-21-38(36)30-46(44)54(61-52)63-56-48-32-40-23-14-16-25-42(40)34-50(48)58(66)65-56/h9-16,18-25,27-34,51H,2-8,17,26H2,1H3. The first kappa shape index (κ1) is 40.0. The second-order valence-electron chi connectivity index (χ2n) is 18.1. The van der Waals surface area contributed by atoms with Gasteiger partial charge < -0.3 is 0 Å². The van der Waals surface area contributed by atoms with Crippen molar-refractivity contribution in [2.24, 2.45) is 34.9 Å².